The van der Waals surface area contributed by atoms with Crippen LogP contribution in [0.25, 0.3) is 5.65 Å². The average molecular weight is 308 g/mol. The molecule has 0 aromatic carbocycles. The molecule has 0 bridgehead atoms. The van der Waals surface area contributed by atoms with Crippen molar-refractivity contribution in [3.8, 4) is 0 Å². The van der Waals surface area contributed by atoms with E-state index in [-0.39, 0.29) is 5.91 Å². The zero-order chi connectivity index (χ0) is 15.1. The number of carboxylic acid groups (broad SMARTS) is 1. The number of hydrogen-bond acceptors (Lipinski definition) is 3. The standard InChI is InChI=1S/C14H14ClN3O3/c1-8-12(18-6-4-9(15)7-11(18)16-8)13(19)17-5-2-3-10(17)14(20)21/h4,6-7,10H,2-3,5H2,1H3,(H,20,21). The van der Waals surface area contributed by atoms with E-state index in [4.69, 9.17) is 11.6 Å². The number of aryl methyl sites for hydroxylation is 1. The molecule has 0 radical (unpaired) electrons. The Kier molecular flexibility index (Phi) is 3.33. The number of rotatable bonds is 2. The Bertz CT molecular complexity index is 740. The Hall–Kier alpha value is -2.08. The Balaban J connectivity index is 2.06. The average Bonchev–Trinajstić information content (AvgIpc) is 3.01. The third-order valence-corrected chi connectivity index (χ3v) is 4.00. The largest absolute Gasteiger partial charge is 0.480 e. The van der Waals surface area contributed by atoms with Crippen molar-refractivity contribution < 1.29 is 14.7 Å². The molecule has 0 aliphatic carbocycles. The summed E-state index contributed by atoms with van der Waals surface area (Å²) in [5, 5.41) is 9.75. The molecule has 1 aliphatic heterocycles. The Morgan fingerprint density at radius 2 is 2.24 bits per heavy atom. The second-order valence-corrected chi connectivity index (χ2v) is 5.55. The highest BCUT2D eigenvalue weighted by molar-refractivity contribution is 6.30. The number of amides is 1. The fourth-order valence-corrected chi connectivity index (χ4v) is 2.95. The van der Waals surface area contributed by atoms with E-state index in [0.717, 1.165) is 0 Å². The summed E-state index contributed by atoms with van der Waals surface area (Å²) < 4.78 is 1.65. The molecule has 7 heteroatoms. The second-order valence-electron chi connectivity index (χ2n) is 5.11. The fraction of sp³-hybridized carbons (Fsp3) is 0.357. The van der Waals surface area contributed by atoms with Gasteiger partial charge in [-0.3, -0.25) is 9.20 Å². The summed E-state index contributed by atoms with van der Waals surface area (Å²) in [5.41, 5.74) is 1.54. The van der Waals surface area contributed by atoms with E-state index in [1.165, 1.54) is 4.90 Å². The van der Waals surface area contributed by atoms with Crippen LogP contribution in [0.15, 0.2) is 18.3 Å². The van der Waals surface area contributed by atoms with Gasteiger partial charge in [-0.2, -0.15) is 0 Å². The predicted molar refractivity (Wildman–Crippen MR) is 76.6 cm³/mol. The van der Waals surface area contributed by atoms with Crippen molar-refractivity contribution in [1.82, 2.24) is 14.3 Å². The van der Waals surface area contributed by atoms with Gasteiger partial charge in [-0.15, -0.1) is 0 Å². The summed E-state index contributed by atoms with van der Waals surface area (Å²) in [5.74, 6) is -1.26. The van der Waals surface area contributed by atoms with E-state index < -0.39 is 12.0 Å². The minimum atomic E-state index is -0.963. The second kappa shape index (κ2) is 5.04. The van der Waals surface area contributed by atoms with Gasteiger partial charge in [0.25, 0.3) is 5.91 Å². The molecular formula is C14H14ClN3O3. The molecule has 1 unspecified atom stereocenters. The molecule has 1 fully saturated rings. The number of carbonyl (C=O) groups excluding carboxylic acids is 1. The van der Waals surface area contributed by atoms with Crippen LogP contribution in [-0.2, 0) is 4.79 Å². The number of aromatic nitrogens is 2. The Morgan fingerprint density at radius 3 is 2.95 bits per heavy atom. The van der Waals surface area contributed by atoms with Crippen molar-refractivity contribution in [1.29, 1.82) is 0 Å². The Labute approximate surface area is 125 Å². The zero-order valence-electron chi connectivity index (χ0n) is 11.4. The topological polar surface area (TPSA) is 74.9 Å². The van der Waals surface area contributed by atoms with E-state index in [0.29, 0.717) is 41.4 Å². The fourth-order valence-electron chi connectivity index (χ4n) is 2.80. The monoisotopic (exact) mass is 307 g/mol. The molecule has 0 saturated carbocycles. The molecule has 1 atom stereocenters. The third-order valence-electron chi connectivity index (χ3n) is 3.76. The lowest BCUT2D eigenvalue weighted by molar-refractivity contribution is -0.141. The summed E-state index contributed by atoms with van der Waals surface area (Å²) in [6, 6.07) is 2.59. The first-order chi connectivity index (χ1) is 9.99. The highest BCUT2D eigenvalue weighted by atomic mass is 35.5. The van der Waals surface area contributed by atoms with Crippen molar-refractivity contribution >= 4 is 29.1 Å². The SMILES string of the molecule is Cc1nc2cc(Cl)ccn2c1C(=O)N1CCCC1C(=O)O. The van der Waals surface area contributed by atoms with Crippen LogP contribution in [0.3, 0.4) is 0 Å². The number of carbonyl (C=O) groups is 2. The number of halogens is 1. The minimum absolute atomic E-state index is 0.299. The molecule has 21 heavy (non-hydrogen) atoms. The molecule has 2 aromatic heterocycles. The van der Waals surface area contributed by atoms with Crippen molar-refractivity contribution in [3.05, 3.63) is 34.7 Å². The van der Waals surface area contributed by atoms with E-state index in [1.54, 1.807) is 29.7 Å². The number of pyridine rings is 1. The van der Waals surface area contributed by atoms with Gasteiger partial charge < -0.3 is 10.0 Å². The molecule has 6 nitrogen and oxygen atoms in total. The van der Waals surface area contributed by atoms with Crippen LogP contribution in [0.4, 0.5) is 0 Å². The summed E-state index contributed by atoms with van der Waals surface area (Å²) in [4.78, 5) is 29.7. The van der Waals surface area contributed by atoms with Gasteiger partial charge in [0, 0.05) is 23.8 Å². The number of likely N-dealkylation sites (tertiary alicyclic amines) is 1. The molecule has 0 spiro atoms. The van der Waals surface area contributed by atoms with Crippen molar-refractivity contribution in [2.75, 3.05) is 6.54 Å². The van der Waals surface area contributed by atoms with E-state index >= 15 is 0 Å². The molecule has 3 heterocycles. The Morgan fingerprint density at radius 1 is 1.48 bits per heavy atom. The first-order valence-corrected chi connectivity index (χ1v) is 7.05. The van der Waals surface area contributed by atoms with Gasteiger partial charge in [0.2, 0.25) is 0 Å². The molecule has 1 aliphatic rings. The third kappa shape index (κ3) is 2.25. The summed E-state index contributed by atoms with van der Waals surface area (Å²) in [6.07, 6.45) is 2.86. The van der Waals surface area contributed by atoms with Gasteiger partial charge in [0.1, 0.15) is 17.4 Å². The number of aliphatic carboxylic acids is 1. The first kappa shape index (κ1) is 13.9. The smallest absolute Gasteiger partial charge is 0.326 e. The van der Waals surface area contributed by atoms with Crippen LogP contribution >= 0.6 is 11.6 Å². The van der Waals surface area contributed by atoms with E-state index in [2.05, 4.69) is 4.98 Å². The maximum atomic E-state index is 12.7. The van der Waals surface area contributed by atoms with E-state index in [1.807, 2.05) is 0 Å². The predicted octanol–water partition coefficient (Wildman–Crippen LogP) is 1.99. The number of imidazole rings is 1. The maximum absolute atomic E-state index is 12.7. The van der Waals surface area contributed by atoms with Gasteiger partial charge in [0.05, 0.1) is 5.69 Å². The van der Waals surface area contributed by atoms with Gasteiger partial charge in [-0.25, -0.2) is 9.78 Å². The summed E-state index contributed by atoms with van der Waals surface area (Å²) in [7, 11) is 0. The van der Waals surface area contributed by atoms with Crippen molar-refractivity contribution in [3.63, 3.8) is 0 Å². The summed E-state index contributed by atoms with van der Waals surface area (Å²) in [6.45, 7) is 2.19. The van der Waals surface area contributed by atoms with E-state index in [9.17, 15) is 14.7 Å². The van der Waals surface area contributed by atoms with Crippen LogP contribution in [-0.4, -0.2) is 43.9 Å². The van der Waals surface area contributed by atoms with Crippen LogP contribution in [0.2, 0.25) is 5.02 Å². The highest BCUT2D eigenvalue weighted by Gasteiger charge is 2.36. The lowest BCUT2D eigenvalue weighted by Crippen LogP contribution is -2.41. The van der Waals surface area contributed by atoms with Crippen molar-refractivity contribution in [2.45, 2.75) is 25.8 Å². The molecule has 1 saturated heterocycles. The zero-order valence-corrected chi connectivity index (χ0v) is 12.2. The molecule has 1 N–H and O–H groups in total. The molecule has 3 rings (SSSR count). The number of nitrogens with zero attached hydrogens (tertiary/aromatic N) is 3. The molecule has 2 aromatic rings. The first-order valence-electron chi connectivity index (χ1n) is 6.67. The van der Waals surface area contributed by atoms with Crippen molar-refractivity contribution in [2.24, 2.45) is 0 Å². The number of carboxylic acids is 1. The number of hydrogen-bond donors (Lipinski definition) is 1. The van der Waals surface area contributed by atoms with Crippen LogP contribution < -0.4 is 0 Å². The molecular weight excluding hydrogens is 294 g/mol. The highest BCUT2D eigenvalue weighted by Crippen LogP contribution is 2.23. The van der Waals surface area contributed by atoms with Gasteiger partial charge in [0.15, 0.2) is 0 Å². The minimum Gasteiger partial charge on any atom is -0.480 e. The lowest BCUT2D eigenvalue weighted by atomic mass is 10.2. The quantitative estimate of drug-likeness (QED) is 0.920. The van der Waals surface area contributed by atoms with Crippen LogP contribution in [0.5, 0.6) is 0 Å². The van der Waals surface area contributed by atoms with Crippen LogP contribution in [0, 0.1) is 6.92 Å². The summed E-state index contributed by atoms with van der Waals surface area (Å²) >= 11 is 5.93. The van der Waals surface area contributed by atoms with Gasteiger partial charge >= 0.3 is 5.97 Å². The van der Waals surface area contributed by atoms with Gasteiger partial charge in [-0.1, -0.05) is 11.6 Å². The number of fused-ring (bicyclic) bond motifs is 1. The van der Waals surface area contributed by atoms with Gasteiger partial charge in [-0.05, 0) is 25.8 Å². The molecule has 110 valence electrons. The lowest BCUT2D eigenvalue weighted by Gasteiger charge is -2.21. The normalized spacial score (nSPS) is 18.4. The molecule has 1 amide bonds. The maximum Gasteiger partial charge on any atom is 0.326 e. The van der Waals surface area contributed by atoms with Crippen LogP contribution in [0.1, 0.15) is 29.0 Å².